The average molecular weight is 698 g/mol. The summed E-state index contributed by atoms with van der Waals surface area (Å²) in [5, 5.41) is 6.21. The van der Waals surface area contributed by atoms with Crippen molar-refractivity contribution in [1.29, 1.82) is 0 Å². The third-order valence-electron chi connectivity index (χ3n) is 9.32. The molecule has 51 heavy (non-hydrogen) atoms. The number of aromatic nitrogens is 2. The van der Waals surface area contributed by atoms with Gasteiger partial charge in [-0.15, -0.1) is 0 Å². The molecule has 0 aliphatic carbocycles. The Balaban J connectivity index is 1.18. The number of nitrogens with one attached hydrogen (secondary N) is 2. The zero-order chi connectivity index (χ0) is 36.3. The summed E-state index contributed by atoms with van der Waals surface area (Å²) in [4.78, 5) is 68.4. The maximum atomic E-state index is 14.0. The Hall–Kier alpha value is -5.92. The molecule has 0 fully saturated rings. The van der Waals surface area contributed by atoms with Crippen molar-refractivity contribution in [3.63, 3.8) is 0 Å². The number of cyclic esters (lactones) is 1. The van der Waals surface area contributed by atoms with Crippen LogP contribution in [0.25, 0.3) is 22.3 Å². The van der Waals surface area contributed by atoms with Crippen LogP contribution in [-0.4, -0.2) is 47.3 Å². The number of unbranched alkanes of at least 4 members (excludes halogenated alkanes) is 1. The molecule has 1 atom stereocenters. The molecule has 6 rings (SSSR count). The topological polar surface area (TPSA) is 190 Å². The number of carbonyl (C=O) groups excluding carboxylic acids is 4. The number of methoxy groups -OCH3 is 1. The number of pyridine rings is 2. The van der Waals surface area contributed by atoms with Crippen molar-refractivity contribution in [2.75, 3.05) is 19.0 Å². The maximum absolute atomic E-state index is 14.0. The Morgan fingerprint density at radius 3 is 2.53 bits per heavy atom. The number of hydrogen-bond donors (Lipinski definition) is 3. The number of rotatable bonds is 12. The van der Waals surface area contributed by atoms with E-state index < -0.39 is 23.8 Å². The molecule has 2 aliphatic heterocycles. The highest BCUT2D eigenvalue weighted by molar-refractivity contribution is 5.91. The minimum Gasteiger partial charge on any atom is -0.497 e. The van der Waals surface area contributed by atoms with E-state index in [1.54, 1.807) is 48.9 Å². The van der Waals surface area contributed by atoms with Crippen molar-refractivity contribution in [2.45, 2.75) is 71.3 Å². The molecule has 14 heteroatoms. The molecular weight excluding hydrogens is 658 g/mol. The van der Waals surface area contributed by atoms with Crippen LogP contribution in [0.4, 0.5) is 15.3 Å². The molecule has 2 aromatic heterocycles. The molecule has 4 N–H and O–H groups in total. The van der Waals surface area contributed by atoms with Crippen LogP contribution in [0.1, 0.15) is 67.3 Å². The fourth-order valence-corrected chi connectivity index (χ4v) is 6.67. The van der Waals surface area contributed by atoms with E-state index in [1.165, 1.54) is 0 Å². The van der Waals surface area contributed by atoms with Crippen LogP contribution >= 0.6 is 0 Å². The molecule has 0 unspecified atom stereocenters. The first kappa shape index (κ1) is 34.9. The summed E-state index contributed by atoms with van der Waals surface area (Å²) in [6, 6.07) is 13.5. The van der Waals surface area contributed by atoms with Crippen LogP contribution in [0, 0.1) is 0 Å². The normalized spacial score (nSPS) is 15.6. The van der Waals surface area contributed by atoms with Crippen LogP contribution in [0.15, 0.2) is 53.3 Å². The first-order valence-electron chi connectivity index (χ1n) is 16.8. The van der Waals surface area contributed by atoms with Crippen LogP contribution in [0.5, 0.6) is 5.75 Å². The lowest BCUT2D eigenvalue weighted by atomic mass is 9.85. The zero-order valence-electron chi connectivity index (χ0n) is 28.6. The van der Waals surface area contributed by atoms with Gasteiger partial charge in [-0.05, 0) is 73.2 Å². The SMILES string of the molecule is CCc1c2c(nc3ccc(OC)cc13)-c1cc3c(c(=O)n1C2)COC(=O)[C@@]3(CC)OC(=O)OCc1ccc(NC(=O)CCCCNC(N)=O)cc1. The Kier molecular flexibility index (Phi) is 9.94. The second kappa shape index (κ2) is 14.5. The second-order valence-electron chi connectivity index (χ2n) is 12.4. The summed E-state index contributed by atoms with van der Waals surface area (Å²) >= 11 is 0. The van der Waals surface area contributed by atoms with Gasteiger partial charge in [0.25, 0.3) is 5.56 Å². The second-order valence-corrected chi connectivity index (χ2v) is 12.4. The van der Waals surface area contributed by atoms with E-state index >= 15 is 0 Å². The van der Waals surface area contributed by atoms with Gasteiger partial charge in [0.2, 0.25) is 11.5 Å². The molecule has 0 radical (unpaired) electrons. The number of anilines is 1. The predicted octanol–water partition coefficient (Wildman–Crippen LogP) is 4.79. The zero-order valence-corrected chi connectivity index (χ0v) is 28.6. The number of hydrogen-bond acceptors (Lipinski definition) is 10. The number of carbonyl (C=O) groups is 4. The highest BCUT2D eigenvalue weighted by Crippen LogP contribution is 2.42. The highest BCUT2D eigenvalue weighted by atomic mass is 16.7. The number of amides is 3. The van der Waals surface area contributed by atoms with Gasteiger partial charge in [-0.3, -0.25) is 9.59 Å². The Morgan fingerprint density at radius 2 is 1.82 bits per heavy atom. The largest absolute Gasteiger partial charge is 0.510 e. The Labute approximate surface area is 293 Å². The van der Waals surface area contributed by atoms with Gasteiger partial charge in [0, 0.05) is 35.2 Å². The van der Waals surface area contributed by atoms with E-state index in [4.69, 9.17) is 29.7 Å². The van der Waals surface area contributed by atoms with Gasteiger partial charge >= 0.3 is 18.2 Å². The minimum atomic E-state index is -1.91. The van der Waals surface area contributed by atoms with E-state index in [-0.39, 0.29) is 48.6 Å². The fraction of sp³-hybridized carbons (Fsp3) is 0.351. The highest BCUT2D eigenvalue weighted by Gasteiger charge is 2.51. The molecule has 4 aromatic rings. The minimum absolute atomic E-state index is 0.00904. The van der Waals surface area contributed by atoms with Crippen molar-refractivity contribution in [1.82, 2.24) is 14.9 Å². The molecule has 2 aromatic carbocycles. The smallest absolute Gasteiger partial charge is 0.497 e. The third kappa shape index (κ3) is 6.81. The van der Waals surface area contributed by atoms with Gasteiger partial charge in [0.1, 0.15) is 19.0 Å². The summed E-state index contributed by atoms with van der Waals surface area (Å²) in [6.07, 6.45) is 1.03. The Morgan fingerprint density at radius 1 is 1.04 bits per heavy atom. The molecule has 2 aliphatic rings. The first-order chi connectivity index (χ1) is 24.6. The summed E-state index contributed by atoms with van der Waals surface area (Å²) in [7, 11) is 1.61. The van der Waals surface area contributed by atoms with Crippen molar-refractivity contribution in [3.8, 4) is 17.1 Å². The summed E-state index contributed by atoms with van der Waals surface area (Å²) in [6.45, 7) is 3.98. The number of nitrogens with two attached hydrogens (primary N) is 1. The molecule has 0 saturated heterocycles. The standard InChI is InChI=1S/C37H39N5O9/c1-4-24-25-16-23(48-3)13-14-29(25)41-32-26(24)18-42-30(32)17-28-27(33(42)44)20-49-34(45)37(28,5-2)51-36(47)50-19-21-9-11-22(12-10-21)40-31(43)8-6-7-15-39-35(38)46/h9-14,16-17H,4-8,15,18-20H2,1-3H3,(H,40,43)(H3,38,39,46)/t37-/m0/s1. The summed E-state index contributed by atoms with van der Waals surface area (Å²) in [5.41, 5.74) is 8.27. The monoisotopic (exact) mass is 697 g/mol. The molecule has 0 spiro atoms. The van der Waals surface area contributed by atoms with Crippen LogP contribution in [-0.2, 0) is 55.6 Å². The van der Waals surface area contributed by atoms with E-state index in [0.717, 1.165) is 22.0 Å². The van der Waals surface area contributed by atoms with Crippen molar-refractivity contribution < 1.29 is 38.1 Å². The lowest BCUT2D eigenvalue weighted by molar-refractivity contribution is -0.175. The van der Waals surface area contributed by atoms with Gasteiger partial charge < -0.3 is 39.9 Å². The van der Waals surface area contributed by atoms with Gasteiger partial charge in [0.05, 0.1) is 36.1 Å². The van der Waals surface area contributed by atoms with E-state index in [0.29, 0.717) is 60.7 Å². The predicted molar refractivity (Wildman–Crippen MR) is 186 cm³/mol. The van der Waals surface area contributed by atoms with Crippen molar-refractivity contribution >= 4 is 40.7 Å². The van der Waals surface area contributed by atoms with E-state index in [1.807, 2.05) is 25.1 Å². The van der Waals surface area contributed by atoms with Crippen molar-refractivity contribution in [2.24, 2.45) is 5.73 Å². The maximum Gasteiger partial charge on any atom is 0.510 e. The van der Waals surface area contributed by atoms with Gasteiger partial charge in [-0.1, -0.05) is 26.0 Å². The molecule has 4 heterocycles. The molecule has 266 valence electrons. The number of esters is 1. The van der Waals surface area contributed by atoms with Gasteiger partial charge in [0.15, 0.2) is 0 Å². The van der Waals surface area contributed by atoms with Crippen LogP contribution < -0.4 is 26.7 Å². The van der Waals surface area contributed by atoms with E-state index in [2.05, 4.69) is 10.6 Å². The molecule has 3 amide bonds. The molecule has 0 bridgehead atoms. The molecular formula is C37H39N5O9. The first-order valence-corrected chi connectivity index (χ1v) is 16.8. The van der Waals surface area contributed by atoms with Crippen molar-refractivity contribution in [3.05, 3.63) is 86.7 Å². The third-order valence-corrected chi connectivity index (χ3v) is 9.32. The quantitative estimate of drug-likeness (QED) is 0.121. The Bertz CT molecular complexity index is 2090. The average Bonchev–Trinajstić information content (AvgIpc) is 3.49. The van der Waals surface area contributed by atoms with Crippen LogP contribution in [0.3, 0.4) is 0 Å². The molecule has 14 nitrogen and oxygen atoms in total. The van der Waals surface area contributed by atoms with Gasteiger partial charge in [-0.2, -0.15) is 0 Å². The number of nitrogens with zero attached hydrogens (tertiary/aromatic N) is 2. The van der Waals surface area contributed by atoms with Gasteiger partial charge in [-0.25, -0.2) is 19.4 Å². The lowest BCUT2D eigenvalue weighted by Gasteiger charge is -2.35. The number of urea groups is 1. The number of benzene rings is 2. The summed E-state index contributed by atoms with van der Waals surface area (Å²) < 4.78 is 23.7. The molecule has 0 saturated carbocycles. The van der Waals surface area contributed by atoms with E-state index in [9.17, 15) is 24.0 Å². The number of aryl methyl sites for hydroxylation is 1. The lowest BCUT2D eigenvalue weighted by Crippen LogP contribution is -2.47. The number of ether oxygens (including phenoxy) is 4. The summed E-state index contributed by atoms with van der Waals surface area (Å²) in [5.74, 6) is -0.277. The number of primary amides is 1. The van der Waals surface area contributed by atoms with Crippen LogP contribution in [0.2, 0.25) is 0 Å². The number of fused-ring (bicyclic) bond motifs is 5. The fourth-order valence-electron chi connectivity index (χ4n) is 6.67.